The lowest BCUT2D eigenvalue weighted by atomic mass is 10.1. The number of amides is 2. The zero-order valence-corrected chi connectivity index (χ0v) is 14.2. The van der Waals surface area contributed by atoms with Crippen LogP contribution < -0.4 is 4.90 Å². The highest BCUT2D eigenvalue weighted by molar-refractivity contribution is 8.19. The van der Waals surface area contributed by atoms with Crippen molar-refractivity contribution in [2.24, 2.45) is 0 Å². The van der Waals surface area contributed by atoms with Crippen LogP contribution in [0.2, 0.25) is 0 Å². The SMILES string of the molecule is CCc1ccccc1N1C(=O)S/C(=C/c2ccccc2C(=O)O)C1=O. The molecule has 1 aliphatic rings. The Bertz CT molecular complexity index is 904. The van der Waals surface area contributed by atoms with Gasteiger partial charge in [0, 0.05) is 0 Å². The second-order valence-corrected chi connectivity index (χ2v) is 6.38. The summed E-state index contributed by atoms with van der Waals surface area (Å²) in [5.41, 5.74) is 1.95. The number of hydrogen-bond acceptors (Lipinski definition) is 4. The summed E-state index contributed by atoms with van der Waals surface area (Å²) in [5, 5.41) is 8.87. The van der Waals surface area contributed by atoms with Crippen molar-refractivity contribution in [3.8, 4) is 0 Å². The van der Waals surface area contributed by atoms with E-state index < -0.39 is 11.9 Å². The standard InChI is InChI=1S/C19H15NO4S/c1-2-12-7-4-6-10-15(12)20-17(21)16(25-19(20)24)11-13-8-3-5-9-14(13)18(22)23/h3-11H,2H2,1H3,(H,22,23)/b16-11+. The number of carbonyl (C=O) groups excluding carboxylic acids is 2. The van der Waals surface area contributed by atoms with E-state index >= 15 is 0 Å². The molecule has 0 aliphatic carbocycles. The zero-order chi connectivity index (χ0) is 18.0. The Morgan fingerprint density at radius 3 is 2.52 bits per heavy atom. The number of carboxylic acid groups (broad SMARTS) is 1. The molecule has 0 aromatic heterocycles. The molecule has 2 aromatic carbocycles. The van der Waals surface area contributed by atoms with Gasteiger partial charge in [0.1, 0.15) is 0 Å². The van der Waals surface area contributed by atoms with Gasteiger partial charge in [0.15, 0.2) is 0 Å². The van der Waals surface area contributed by atoms with E-state index in [0.717, 1.165) is 22.2 Å². The van der Waals surface area contributed by atoms with Crippen LogP contribution in [-0.4, -0.2) is 22.2 Å². The van der Waals surface area contributed by atoms with Crippen molar-refractivity contribution in [3.63, 3.8) is 0 Å². The first-order valence-electron chi connectivity index (χ1n) is 7.71. The summed E-state index contributed by atoms with van der Waals surface area (Å²) in [6, 6.07) is 13.6. The minimum atomic E-state index is -1.08. The summed E-state index contributed by atoms with van der Waals surface area (Å²) < 4.78 is 0. The van der Waals surface area contributed by atoms with Gasteiger partial charge in [0.25, 0.3) is 11.1 Å². The second kappa shape index (κ2) is 6.94. The molecule has 25 heavy (non-hydrogen) atoms. The number of hydrogen-bond donors (Lipinski definition) is 1. The van der Waals surface area contributed by atoms with E-state index in [1.165, 1.54) is 12.1 Å². The molecule has 0 saturated carbocycles. The van der Waals surface area contributed by atoms with Gasteiger partial charge in [-0.05, 0) is 47.5 Å². The zero-order valence-electron chi connectivity index (χ0n) is 13.4. The van der Waals surface area contributed by atoms with Crippen LogP contribution in [0, 0.1) is 0 Å². The van der Waals surface area contributed by atoms with Gasteiger partial charge in [0.2, 0.25) is 0 Å². The van der Waals surface area contributed by atoms with Crippen LogP contribution in [0.4, 0.5) is 10.5 Å². The maximum absolute atomic E-state index is 12.7. The predicted octanol–water partition coefficient (Wildman–Crippen LogP) is 4.19. The summed E-state index contributed by atoms with van der Waals surface area (Å²) in [5.74, 6) is -1.52. The van der Waals surface area contributed by atoms with Gasteiger partial charge in [-0.15, -0.1) is 0 Å². The first-order valence-corrected chi connectivity index (χ1v) is 8.52. The number of rotatable bonds is 4. The molecule has 0 spiro atoms. The molecule has 1 N–H and O–H groups in total. The summed E-state index contributed by atoms with van der Waals surface area (Å²) in [6.07, 6.45) is 2.15. The smallest absolute Gasteiger partial charge is 0.336 e. The maximum Gasteiger partial charge on any atom is 0.336 e. The van der Waals surface area contributed by atoms with Crippen molar-refractivity contribution in [2.75, 3.05) is 4.90 Å². The van der Waals surface area contributed by atoms with Gasteiger partial charge in [-0.2, -0.15) is 0 Å². The maximum atomic E-state index is 12.7. The van der Waals surface area contributed by atoms with E-state index in [9.17, 15) is 19.5 Å². The van der Waals surface area contributed by atoms with Gasteiger partial charge in [-0.1, -0.05) is 43.3 Å². The normalized spacial score (nSPS) is 15.9. The molecule has 3 rings (SSSR count). The van der Waals surface area contributed by atoms with Crippen LogP contribution in [0.1, 0.15) is 28.4 Å². The molecule has 0 unspecified atom stereocenters. The van der Waals surface area contributed by atoms with Crippen molar-refractivity contribution in [1.82, 2.24) is 0 Å². The largest absolute Gasteiger partial charge is 0.478 e. The molecule has 2 aromatic rings. The van der Waals surface area contributed by atoms with Crippen LogP contribution in [0.15, 0.2) is 53.4 Å². The molecule has 0 radical (unpaired) electrons. The lowest BCUT2D eigenvalue weighted by molar-refractivity contribution is -0.113. The number of nitrogens with zero attached hydrogens (tertiary/aromatic N) is 1. The van der Waals surface area contributed by atoms with Gasteiger partial charge >= 0.3 is 5.97 Å². The third kappa shape index (κ3) is 3.21. The molecule has 1 aliphatic heterocycles. The number of carbonyl (C=O) groups is 3. The van der Waals surface area contributed by atoms with Crippen molar-refractivity contribution >= 4 is 40.6 Å². The summed E-state index contributed by atoms with van der Waals surface area (Å²) in [7, 11) is 0. The molecule has 1 heterocycles. The fourth-order valence-electron chi connectivity index (χ4n) is 2.66. The third-order valence-corrected chi connectivity index (χ3v) is 4.75. The minimum Gasteiger partial charge on any atom is -0.478 e. The number of imide groups is 1. The summed E-state index contributed by atoms with van der Waals surface area (Å²) in [6.45, 7) is 1.96. The molecule has 0 bridgehead atoms. The van der Waals surface area contributed by atoms with Crippen LogP contribution in [0.3, 0.4) is 0 Å². The first-order chi connectivity index (χ1) is 12.0. The van der Waals surface area contributed by atoms with Crippen molar-refractivity contribution in [3.05, 3.63) is 70.1 Å². The van der Waals surface area contributed by atoms with Gasteiger partial charge in [0.05, 0.1) is 16.2 Å². The van der Waals surface area contributed by atoms with Crippen molar-refractivity contribution < 1.29 is 19.5 Å². The Morgan fingerprint density at radius 1 is 1.12 bits per heavy atom. The lowest BCUT2D eigenvalue weighted by Crippen LogP contribution is -2.28. The van der Waals surface area contributed by atoms with E-state index in [1.807, 2.05) is 19.1 Å². The molecule has 1 fully saturated rings. The molecule has 0 atom stereocenters. The highest BCUT2D eigenvalue weighted by Crippen LogP contribution is 2.37. The molecular formula is C19H15NO4S. The van der Waals surface area contributed by atoms with Gasteiger partial charge < -0.3 is 5.11 Å². The third-order valence-electron chi connectivity index (χ3n) is 3.88. The number of thioether (sulfide) groups is 1. The van der Waals surface area contributed by atoms with Crippen LogP contribution in [0.5, 0.6) is 0 Å². The number of anilines is 1. The molecular weight excluding hydrogens is 338 g/mol. The fraction of sp³-hybridized carbons (Fsp3) is 0.105. The summed E-state index contributed by atoms with van der Waals surface area (Å²) in [4.78, 5) is 37.8. The number of para-hydroxylation sites is 1. The average molecular weight is 353 g/mol. The van der Waals surface area contributed by atoms with Crippen LogP contribution in [-0.2, 0) is 11.2 Å². The highest BCUT2D eigenvalue weighted by atomic mass is 32.2. The Labute approximate surface area is 149 Å². The van der Waals surface area contributed by atoms with E-state index in [0.29, 0.717) is 17.7 Å². The second-order valence-electron chi connectivity index (χ2n) is 5.39. The number of benzene rings is 2. The molecule has 1 saturated heterocycles. The van der Waals surface area contributed by atoms with Crippen LogP contribution in [0.25, 0.3) is 6.08 Å². The lowest BCUT2D eigenvalue weighted by Gasteiger charge is -2.16. The Morgan fingerprint density at radius 2 is 1.80 bits per heavy atom. The van der Waals surface area contributed by atoms with Crippen LogP contribution >= 0.6 is 11.8 Å². The van der Waals surface area contributed by atoms with Crippen molar-refractivity contribution in [2.45, 2.75) is 13.3 Å². The van der Waals surface area contributed by atoms with E-state index in [1.54, 1.807) is 30.3 Å². The van der Waals surface area contributed by atoms with Gasteiger partial charge in [-0.25, -0.2) is 9.69 Å². The quantitative estimate of drug-likeness (QED) is 0.834. The molecule has 2 amide bonds. The minimum absolute atomic E-state index is 0.0863. The van der Waals surface area contributed by atoms with Gasteiger partial charge in [-0.3, -0.25) is 9.59 Å². The molecule has 126 valence electrons. The first kappa shape index (κ1) is 17.0. The van der Waals surface area contributed by atoms with E-state index in [4.69, 9.17) is 0 Å². The van der Waals surface area contributed by atoms with Crippen molar-refractivity contribution in [1.29, 1.82) is 0 Å². The average Bonchev–Trinajstić information content (AvgIpc) is 2.88. The fourth-order valence-corrected chi connectivity index (χ4v) is 3.49. The number of carboxylic acids is 1. The topological polar surface area (TPSA) is 74.7 Å². The molecule has 6 heteroatoms. The van der Waals surface area contributed by atoms with E-state index in [2.05, 4.69) is 0 Å². The Hall–Kier alpha value is -2.86. The Kier molecular flexibility index (Phi) is 4.72. The Balaban J connectivity index is 2.01. The number of aryl methyl sites for hydroxylation is 1. The summed E-state index contributed by atoms with van der Waals surface area (Å²) >= 11 is 0.817. The highest BCUT2D eigenvalue weighted by Gasteiger charge is 2.37. The monoisotopic (exact) mass is 353 g/mol. The molecule has 5 nitrogen and oxygen atoms in total. The predicted molar refractivity (Wildman–Crippen MR) is 97.7 cm³/mol. The van der Waals surface area contributed by atoms with E-state index in [-0.39, 0.29) is 15.7 Å². The number of aromatic carboxylic acids is 1.